The van der Waals surface area contributed by atoms with Crippen molar-refractivity contribution in [3.63, 3.8) is 0 Å². The number of sulfonamides is 1. The van der Waals surface area contributed by atoms with Crippen LogP contribution in [0.15, 0.2) is 70.6 Å². The summed E-state index contributed by atoms with van der Waals surface area (Å²) >= 11 is 0. The quantitative estimate of drug-likeness (QED) is 0.630. The van der Waals surface area contributed by atoms with Gasteiger partial charge in [-0.15, -0.1) is 10.2 Å². The van der Waals surface area contributed by atoms with Gasteiger partial charge in [0.25, 0.3) is 10.0 Å². The lowest BCUT2D eigenvalue weighted by Gasteiger charge is -2.10. The Morgan fingerprint density at radius 3 is 1.87 bits per heavy atom. The van der Waals surface area contributed by atoms with Gasteiger partial charge in [0, 0.05) is 17.5 Å². The van der Waals surface area contributed by atoms with Crippen LogP contribution in [0.4, 0.5) is 18.9 Å². The molecule has 0 unspecified atom stereocenters. The van der Waals surface area contributed by atoms with Gasteiger partial charge in [-0.05, 0) is 48.5 Å². The maximum atomic E-state index is 12.6. The molecule has 30 heavy (non-hydrogen) atoms. The largest absolute Gasteiger partial charge is 0.416 e. The van der Waals surface area contributed by atoms with E-state index in [1.807, 2.05) is 0 Å². The summed E-state index contributed by atoms with van der Waals surface area (Å²) in [5.41, 5.74) is 0.160. The van der Waals surface area contributed by atoms with Gasteiger partial charge >= 0.3 is 6.18 Å². The first-order chi connectivity index (χ1) is 13.9. The maximum Gasteiger partial charge on any atom is 0.416 e. The molecule has 1 aromatic heterocycles. The lowest BCUT2D eigenvalue weighted by molar-refractivity contribution is -0.137. The Morgan fingerprint density at radius 1 is 0.800 bits per heavy atom. The first-order valence-electron chi connectivity index (χ1n) is 8.20. The van der Waals surface area contributed by atoms with Crippen molar-refractivity contribution < 1.29 is 30.0 Å². The predicted octanol–water partition coefficient (Wildman–Crippen LogP) is 3.37. The molecule has 7 nitrogen and oxygen atoms in total. The number of benzene rings is 2. The summed E-state index contributed by atoms with van der Waals surface area (Å²) in [7, 11) is -7.57. The molecule has 3 rings (SSSR count). The fourth-order valence-electron chi connectivity index (χ4n) is 2.42. The van der Waals surface area contributed by atoms with Gasteiger partial charge in [-0.1, -0.05) is 12.1 Å². The molecule has 0 saturated carbocycles. The molecule has 158 valence electrons. The minimum Gasteiger partial charge on any atom is -0.280 e. The van der Waals surface area contributed by atoms with Gasteiger partial charge in [-0.25, -0.2) is 16.8 Å². The highest BCUT2D eigenvalue weighted by Gasteiger charge is 2.30. The van der Waals surface area contributed by atoms with Crippen molar-refractivity contribution in [2.45, 2.75) is 16.1 Å². The number of sulfone groups is 1. The lowest BCUT2D eigenvalue weighted by atomic mass is 10.1. The van der Waals surface area contributed by atoms with Gasteiger partial charge in [0.2, 0.25) is 0 Å². The van der Waals surface area contributed by atoms with E-state index in [0.29, 0.717) is 23.4 Å². The minimum absolute atomic E-state index is 0.174. The molecule has 12 heteroatoms. The molecular weight excluding hydrogens is 443 g/mol. The Kier molecular flexibility index (Phi) is 5.56. The Labute approximate surface area is 170 Å². The van der Waals surface area contributed by atoms with E-state index in [9.17, 15) is 30.0 Å². The van der Waals surface area contributed by atoms with Crippen LogP contribution >= 0.6 is 0 Å². The third kappa shape index (κ3) is 4.94. The Bertz CT molecular complexity index is 1260. The van der Waals surface area contributed by atoms with Gasteiger partial charge in [0.15, 0.2) is 14.9 Å². The monoisotopic (exact) mass is 457 g/mol. The van der Waals surface area contributed by atoms with Crippen LogP contribution in [0.3, 0.4) is 0 Å². The number of hydrogen-bond acceptors (Lipinski definition) is 6. The van der Waals surface area contributed by atoms with Gasteiger partial charge < -0.3 is 0 Å². The number of nitrogens with zero attached hydrogens (tertiary/aromatic N) is 2. The number of halogens is 3. The molecule has 2 aromatic carbocycles. The zero-order chi connectivity index (χ0) is 22.2. The fourth-order valence-corrected chi connectivity index (χ4v) is 3.98. The summed E-state index contributed by atoms with van der Waals surface area (Å²) in [6.45, 7) is 0. The summed E-state index contributed by atoms with van der Waals surface area (Å²) in [6, 6.07) is 11.8. The second-order valence-corrected chi connectivity index (χ2v) is 9.88. The highest BCUT2D eigenvalue weighted by Crippen LogP contribution is 2.30. The maximum absolute atomic E-state index is 12.6. The van der Waals surface area contributed by atoms with Crippen molar-refractivity contribution >= 4 is 25.5 Å². The van der Waals surface area contributed by atoms with E-state index in [-0.39, 0.29) is 15.6 Å². The van der Waals surface area contributed by atoms with Crippen molar-refractivity contribution in [1.82, 2.24) is 10.2 Å². The summed E-state index contributed by atoms with van der Waals surface area (Å²) in [6.07, 6.45) is -3.55. The topological polar surface area (TPSA) is 106 Å². The number of hydrogen-bond donors (Lipinski definition) is 1. The van der Waals surface area contributed by atoms with Crippen molar-refractivity contribution in [3.8, 4) is 11.3 Å². The molecule has 3 aromatic rings. The van der Waals surface area contributed by atoms with Crippen LogP contribution in [0, 0.1) is 0 Å². The number of nitrogens with one attached hydrogen (secondary N) is 1. The van der Waals surface area contributed by atoms with Crippen molar-refractivity contribution in [3.05, 3.63) is 66.2 Å². The average molecular weight is 457 g/mol. The third-order valence-corrected chi connectivity index (χ3v) is 6.32. The summed E-state index contributed by atoms with van der Waals surface area (Å²) < 4.78 is 87.7. The van der Waals surface area contributed by atoms with Gasteiger partial charge in [0.05, 0.1) is 16.2 Å². The van der Waals surface area contributed by atoms with E-state index in [0.717, 1.165) is 18.4 Å². The first-order valence-corrected chi connectivity index (χ1v) is 11.6. The van der Waals surface area contributed by atoms with Crippen molar-refractivity contribution in [1.29, 1.82) is 0 Å². The van der Waals surface area contributed by atoms with E-state index in [1.165, 1.54) is 36.4 Å². The van der Waals surface area contributed by atoms with Crippen molar-refractivity contribution in [2.24, 2.45) is 0 Å². The molecule has 0 aliphatic rings. The second kappa shape index (κ2) is 7.69. The molecule has 0 bridgehead atoms. The molecule has 0 atom stereocenters. The Morgan fingerprint density at radius 2 is 1.40 bits per heavy atom. The van der Waals surface area contributed by atoms with E-state index in [2.05, 4.69) is 14.9 Å². The zero-order valence-corrected chi connectivity index (χ0v) is 16.9. The van der Waals surface area contributed by atoms with E-state index in [4.69, 9.17) is 0 Å². The van der Waals surface area contributed by atoms with E-state index >= 15 is 0 Å². The Hall–Kier alpha value is -2.99. The molecule has 0 spiro atoms. The third-order valence-electron chi connectivity index (χ3n) is 3.94. The average Bonchev–Trinajstić information content (AvgIpc) is 2.67. The lowest BCUT2D eigenvalue weighted by Crippen LogP contribution is -2.13. The molecular formula is C18H14F3N3O4S2. The molecule has 0 amide bonds. The summed E-state index contributed by atoms with van der Waals surface area (Å²) in [4.78, 5) is -0.318. The van der Waals surface area contributed by atoms with Crippen LogP contribution in [-0.4, -0.2) is 33.3 Å². The Balaban J connectivity index is 1.78. The number of aromatic nitrogens is 2. The van der Waals surface area contributed by atoms with Crippen LogP contribution in [0.5, 0.6) is 0 Å². The van der Waals surface area contributed by atoms with Gasteiger partial charge in [-0.2, -0.15) is 13.2 Å². The van der Waals surface area contributed by atoms with Crippen LogP contribution in [-0.2, 0) is 26.0 Å². The molecule has 0 aliphatic heterocycles. The fraction of sp³-hybridized carbons (Fsp3) is 0.111. The van der Waals surface area contributed by atoms with Crippen molar-refractivity contribution in [2.75, 3.05) is 11.0 Å². The van der Waals surface area contributed by atoms with E-state index < -0.39 is 31.6 Å². The molecule has 1 N–H and O–H groups in total. The second-order valence-electron chi connectivity index (χ2n) is 6.23. The molecule has 0 aliphatic carbocycles. The number of alkyl halides is 3. The highest BCUT2D eigenvalue weighted by molar-refractivity contribution is 7.92. The van der Waals surface area contributed by atoms with Gasteiger partial charge in [0.1, 0.15) is 0 Å². The summed E-state index contributed by atoms with van der Waals surface area (Å²) in [5.74, 6) is 0. The standard InChI is InChI=1S/C18H14F3N3O4S2/c1-29(25,26)17-11-10-16(22-23-17)12-2-6-14(7-3-12)24-30(27,28)15-8-4-13(5-9-15)18(19,20)21/h2-11,24H,1H3. The first kappa shape index (κ1) is 21.7. The molecule has 0 saturated heterocycles. The van der Waals surface area contributed by atoms with Crippen LogP contribution in [0.25, 0.3) is 11.3 Å². The molecule has 0 radical (unpaired) electrons. The predicted molar refractivity (Wildman–Crippen MR) is 103 cm³/mol. The number of anilines is 1. The van der Waals surface area contributed by atoms with Crippen LogP contribution < -0.4 is 4.72 Å². The zero-order valence-electron chi connectivity index (χ0n) is 15.3. The SMILES string of the molecule is CS(=O)(=O)c1ccc(-c2ccc(NS(=O)(=O)c3ccc(C(F)(F)F)cc3)cc2)nn1. The van der Waals surface area contributed by atoms with Crippen LogP contribution in [0.2, 0.25) is 0 Å². The molecule has 0 fully saturated rings. The van der Waals surface area contributed by atoms with E-state index in [1.54, 1.807) is 0 Å². The van der Waals surface area contributed by atoms with Crippen LogP contribution in [0.1, 0.15) is 5.56 Å². The highest BCUT2D eigenvalue weighted by atomic mass is 32.2. The number of rotatable bonds is 5. The van der Waals surface area contributed by atoms with Gasteiger partial charge in [-0.3, -0.25) is 4.72 Å². The minimum atomic E-state index is -4.56. The smallest absolute Gasteiger partial charge is 0.280 e. The summed E-state index contributed by atoms with van der Waals surface area (Å²) in [5, 5.41) is 7.30. The molecule has 1 heterocycles. The normalized spacial score (nSPS) is 12.5.